The van der Waals surface area contributed by atoms with Crippen LogP contribution < -0.4 is 0 Å². The molecule has 27 heavy (non-hydrogen) atoms. The molecule has 0 bridgehead atoms. The van der Waals surface area contributed by atoms with Crippen molar-refractivity contribution >= 4 is 23.6 Å². The van der Waals surface area contributed by atoms with Crippen LogP contribution in [0.2, 0.25) is 5.02 Å². The molecule has 0 saturated carbocycles. The first-order valence-corrected chi connectivity index (χ1v) is 8.69. The van der Waals surface area contributed by atoms with Crippen LogP contribution in [0.5, 0.6) is 0 Å². The Kier molecular flexibility index (Phi) is 5.66. The van der Waals surface area contributed by atoms with Crippen LogP contribution >= 0.6 is 11.6 Å². The van der Waals surface area contributed by atoms with E-state index in [-0.39, 0.29) is 22.5 Å². The summed E-state index contributed by atoms with van der Waals surface area (Å²) in [5.41, 5.74) is 2.05. The first-order chi connectivity index (χ1) is 13.0. The van der Waals surface area contributed by atoms with E-state index in [0.29, 0.717) is 0 Å². The Bertz CT molecular complexity index is 934. The monoisotopic (exact) mass is 384 g/mol. The SMILES string of the molecule is C[C@H](c1ccc(-n2cncn2)cc1)N(C)C(=O)/C=C/c1c(F)cccc1Cl. The first-order valence-electron chi connectivity index (χ1n) is 8.31. The summed E-state index contributed by atoms with van der Waals surface area (Å²) in [7, 11) is 1.70. The van der Waals surface area contributed by atoms with Gasteiger partial charge in [-0.1, -0.05) is 29.8 Å². The second kappa shape index (κ2) is 8.14. The van der Waals surface area contributed by atoms with Gasteiger partial charge in [0.1, 0.15) is 18.5 Å². The van der Waals surface area contributed by atoms with Gasteiger partial charge in [0.2, 0.25) is 5.91 Å². The van der Waals surface area contributed by atoms with Gasteiger partial charge in [-0.05, 0) is 42.8 Å². The topological polar surface area (TPSA) is 51.0 Å². The maximum absolute atomic E-state index is 13.8. The van der Waals surface area contributed by atoms with E-state index in [9.17, 15) is 9.18 Å². The van der Waals surface area contributed by atoms with Crippen molar-refractivity contribution in [3.8, 4) is 5.69 Å². The molecule has 2 aromatic carbocycles. The summed E-state index contributed by atoms with van der Waals surface area (Å²) in [6.07, 6.45) is 5.81. The smallest absolute Gasteiger partial charge is 0.246 e. The van der Waals surface area contributed by atoms with Crippen molar-refractivity contribution in [3.63, 3.8) is 0 Å². The van der Waals surface area contributed by atoms with Crippen molar-refractivity contribution in [3.05, 3.63) is 83.2 Å². The molecule has 0 saturated heterocycles. The van der Waals surface area contributed by atoms with E-state index in [4.69, 9.17) is 11.6 Å². The molecule has 0 unspecified atom stereocenters. The zero-order valence-corrected chi connectivity index (χ0v) is 15.6. The molecule has 0 fully saturated rings. The van der Waals surface area contributed by atoms with E-state index in [1.807, 2.05) is 31.2 Å². The summed E-state index contributed by atoms with van der Waals surface area (Å²) < 4.78 is 15.5. The second-order valence-corrected chi connectivity index (χ2v) is 6.43. The fourth-order valence-corrected chi connectivity index (χ4v) is 2.83. The zero-order valence-electron chi connectivity index (χ0n) is 14.9. The Morgan fingerprint density at radius 1 is 1.26 bits per heavy atom. The molecule has 3 aromatic rings. The van der Waals surface area contributed by atoms with Crippen LogP contribution in [0.25, 0.3) is 11.8 Å². The molecule has 5 nitrogen and oxygen atoms in total. The van der Waals surface area contributed by atoms with E-state index in [2.05, 4.69) is 10.1 Å². The molecule has 0 radical (unpaired) electrons. The quantitative estimate of drug-likeness (QED) is 0.616. The minimum Gasteiger partial charge on any atom is -0.335 e. The average molecular weight is 385 g/mol. The van der Waals surface area contributed by atoms with Crippen LogP contribution in [0.1, 0.15) is 24.1 Å². The highest BCUT2D eigenvalue weighted by atomic mass is 35.5. The summed E-state index contributed by atoms with van der Waals surface area (Å²) in [5.74, 6) is -0.715. The molecule has 3 rings (SSSR count). The molecule has 1 aromatic heterocycles. The summed E-state index contributed by atoms with van der Waals surface area (Å²) in [6, 6.07) is 11.9. The fraction of sp³-hybridized carbons (Fsp3) is 0.150. The van der Waals surface area contributed by atoms with Gasteiger partial charge in [0.15, 0.2) is 0 Å². The van der Waals surface area contributed by atoms with E-state index >= 15 is 0 Å². The van der Waals surface area contributed by atoms with Gasteiger partial charge in [0.05, 0.1) is 16.8 Å². The Labute approximate surface area is 161 Å². The fourth-order valence-electron chi connectivity index (χ4n) is 2.60. The van der Waals surface area contributed by atoms with Gasteiger partial charge in [-0.3, -0.25) is 4.79 Å². The van der Waals surface area contributed by atoms with Gasteiger partial charge in [-0.2, -0.15) is 5.10 Å². The Morgan fingerprint density at radius 3 is 2.63 bits per heavy atom. The van der Waals surface area contributed by atoms with E-state index in [0.717, 1.165) is 11.3 Å². The van der Waals surface area contributed by atoms with Crippen molar-refractivity contribution in [1.29, 1.82) is 0 Å². The lowest BCUT2D eigenvalue weighted by atomic mass is 10.1. The molecule has 0 spiro atoms. The van der Waals surface area contributed by atoms with Crippen molar-refractivity contribution in [2.24, 2.45) is 0 Å². The molecular formula is C20H18ClFN4O. The minimum absolute atomic E-state index is 0.164. The maximum atomic E-state index is 13.8. The minimum atomic E-state index is -0.467. The number of carbonyl (C=O) groups is 1. The number of benzene rings is 2. The lowest BCUT2D eigenvalue weighted by Gasteiger charge is -2.24. The van der Waals surface area contributed by atoms with Crippen molar-refractivity contribution in [1.82, 2.24) is 19.7 Å². The molecule has 0 aliphatic rings. The van der Waals surface area contributed by atoms with E-state index in [1.54, 1.807) is 29.0 Å². The molecule has 0 aliphatic carbocycles. The van der Waals surface area contributed by atoms with Crippen LogP contribution in [0.3, 0.4) is 0 Å². The maximum Gasteiger partial charge on any atom is 0.246 e. The van der Waals surface area contributed by atoms with Gasteiger partial charge in [0, 0.05) is 18.7 Å². The first kappa shape index (κ1) is 18.8. The number of hydrogen-bond acceptors (Lipinski definition) is 3. The molecule has 1 amide bonds. The van der Waals surface area contributed by atoms with Gasteiger partial charge >= 0.3 is 0 Å². The molecule has 1 heterocycles. The van der Waals surface area contributed by atoms with E-state index in [1.165, 1.54) is 30.6 Å². The van der Waals surface area contributed by atoms with Crippen LogP contribution in [0, 0.1) is 5.82 Å². The lowest BCUT2D eigenvalue weighted by Crippen LogP contribution is -2.28. The van der Waals surface area contributed by atoms with Crippen LogP contribution in [0.4, 0.5) is 4.39 Å². The molecular weight excluding hydrogens is 367 g/mol. The van der Waals surface area contributed by atoms with E-state index < -0.39 is 5.82 Å². The highest BCUT2D eigenvalue weighted by Gasteiger charge is 2.16. The number of rotatable bonds is 5. The zero-order chi connectivity index (χ0) is 19.4. The predicted molar refractivity (Wildman–Crippen MR) is 103 cm³/mol. The van der Waals surface area contributed by atoms with Crippen molar-refractivity contribution in [2.45, 2.75) is 13.0 Å². The van der Waals surface area contributed by atoms with Crippen LogP contribution in [0.15, 0.2) is 61.2 Å². The number of likely N-dealkylation sites (N-methyl/N-ethyl adjacent to an activating group) is 1. The Hall–Kier alpha value is -2.99. The summed E-state index contributed by atoms with van der Waals surface area (Å²) in [5, 5.41) is 4.34. The number of nitrogens with zero attached hydrogens (tertiary/aromatic N) is 4. The van der Waals surface area contributed by atoms with Gasteiger partial charge in [-0.25, -0.2) is 14.1 Å². The lowest BCUT2D eigenvalue weighted by molar-refractivity contribution is -0.126. The summed E-state index contributed by atoms with van der Waals surface area (Å²) >= 11 is 5.98. The molecule has 0 N–H and O–H groups in total. The highest BCUT2D eigenvalue weighted by Crippen LogP contribution is 2.23. The molecule has 7 heteroatoms. The van der Waals surface area contributed by atoms with Gasteiger partial charge < -0.3 is 4.90 Å². The second-order valence-electron chi connectivity index (χ2n) is 6.03. The Balaban J connectivity index is 1.72. The number of carbonyl (C=O) groups excluding carboxylic acids is 1. The van der Waals surface area contributed by atoms with Gasteiger partial charge in [0.25, 0.3) is 0 Å². The van der Waals surface area contributed by atoms with Crippen LogP contribution in [-0.4, -0.2) is 32.6 Å². The van der Waals surface area contributed by atoms with Crippen LogP contribution in [-0.2, 0) is 4.79 Å². The third-order valence-corrected chi connectivity index (χ3v) is 4.71. The number of hydrogen-bond donors (Lipinski definition) is 0. The normalized spacial score (nSPS) is 12.3. The van der Waals surface area contributed by atoms with Crippen molar-refractivity contribution < 1.29 is 9.18 Å². The average Bonchev–Trinajstić information content (AvgIpc) is 3.21. The summed E-state index contributed by atoms with van der Waals surface area (Å²) in [4.78, 5) is 18.0. The van der Waals surface area contributed by atoms with Crippen molar-refractivity contribution in [2.75, 3.05) is 7.05 Å². The standard InChI is InChI=1S/C20H18ClFN4O/c1-14(15-6-8-16(9-7-15)26-13-23-12-24-26)25(2)20(27)11-10-17-18(21)4-3-5-19(17)22/h3-14H,1-2H3/b11-10+/t14-/m1/s1. The third kappa shape index (κ3) is 4.23. The predicted octanol–water partition coefficient (Wildman–Crippen LogP) is 4.29. The number of aromatic nitrogens is 3. The Morgan fingerprint density at radius 2 is 2.00 bits per heavy atom. The summed E-state index contributed by atoms with van der Waals surface area (Å²) in [6.45, 7) is 1.92. The molecule has 1 atom stereocenters. The third-order valence-electron chi connectivity index (χ3n) is 4.38. The number of amides is 1. The van der Waals surface area contributed by atoms with Gasteiger partial charge in [-0.15, -0.1) is 0 Å². The molecule has 138 valence electrons. The molecule has 0 aliphatic heterocycles. The highest BCUT2D eigenvalue weighted by molar-refractivity contribution is 6.32. The largest absolute Gasteiger partial charge is 0.335 e. The number of halogens is 2.